The molecule has 0 radical (unpaired) electrons. The molecule has 0 N–H and O–H groups in total. The highest BCUT2D eigenvalue weighted by Crippen LogP contribution is 2.15. The summed E-state index contributed by atoms with van der Waals surface area (Å²) in [6.07, 6.45) is 0. The summed E-state index contributed by atoms with van der Waals surface area (Å²) in [5.74, 6) is 0. The first-order chi connectivity index (χ1) is 4.70. The van der Waals surface area contributed by atoms with Gasteiger partial charge in [-0.2, -0.15) is 0 Å². The second-order valence-corrected chi connectivity index (χ2v) is 2.41. The SMILES string of the molecule is C[N+](=O)c1cccc(Cl)c1. The first-order valence-corrected chi connectivity index (χ1v) is 3.24. The second-order valence-electron chi connectivity index (χ2n) is 1.98. The van der Waals surface area contributed by atoms with Crippen LogP contribution in [0.5, 0.6) is 0 Å². The van der Waals surface area contributed by atoms with Crippen molar-refractivity contribution in [2.45, 2.75) is 0 Å². The van der Waals surface area contributed by atoms with Crippen molar-refractivity contribution in [3.05, 3.63) is 34.2 Å². The smallest absolute Gasteiger partial charge is 0.0841 e. The molecule has 3 heteroatoms. The molecule has 1 aromatic carbocycles. The molecule has 2 nitrogen and oxygen atoms in total. The van der Waals surface area contributed by atoms with Crippen molar-refractivity contribution in [3.63, 3.8) is 0 Å². The highest BCUT2D eigenvalue weighted by Gasteiger charge is 2.04. The number of hydrogen-bond donors (Lipinski definition) is 0. The monoisotopic (exact) mass is 156 g/mol. The van der Waals surface area contributed by atoms with E-state index in [1.54, 1.807) is 24.3 Å². The molecule has 0 amide bonds. The van der Waals surface area contributed by atoms with Crippen LogP contribution in [-0.4, -0.2) is 11.8 Å². The lowest BCUT2D eigenvalue weighted by Gasteiger charge is -1.86. The first-order valence-electron chi connectivity index (χ1n) is 2.86. The number of nitrogens with zero attached hydrogens (tertiary/aromatic N) is 1. The normalized spacial score (nSPS) is 9.40. The van der Waals surface area contributed by atoms with Crippen molar-refractivity contribution >= 4 is 17.3 Å². The Kier molecular flexibility index (Phi) is 2.02. The molecular weight excluding hydrogens is 150 g/mol. The van der Waals surface area contributed by atoms with Crippen LogP contribution in [0.25, 0.3) is 0 Å². The van der Waals surface area contributed by atoms with E-state index in [1.807, 2.05) is 0 Å². The Morgan fingerprint density at radius 1 is 1.50 bits per heavy atom. The third-order valence-corrected chi connectivity index (χ3v) is 1.41. The topological polar surface area (TPSA) is 20.1 Å². The van der Waals surface area contributed by atoms with Crippen LogP contribution in [0.3, 0.4) is 0 Å². The van der Waals surface area contributed by atoms with Gasteiger partial charge >= 0.3 is 0 Å². The van der Waals surface area contributed by atoms with Crippen molar-refractivity contribution < 1.29 is 4.76 Å². The van der Waals surface area contributed by atoms with Crippen molar-refractivity contribution in [3.8, 4) is 0 Å². The summed E-state index contributed by atoms with van der Waals surface area (Å²) in [5, 5.41) is 0.584. The Morgan fingerprint density at radius 2 is 2.20 bits per heavy atom. The highest BCUT2D eigenvalue weighted by molar-refractivity contribution is 6.30. The van der Waals surface area contributed by atoms with Crippen LogP contribution < -0.4 is 0 Å². The summed E-state index contributed by atoms with van der Waals surface area (Å²) in [7, 11) is 1.44. The second kappa shape index (κ2) is 2.80. The van der Waals surface area contributed by atoms with Crippen molar-refractivity contribution in [2.24, 2.45) is 0 Å². The molecule has 0 atom stereocenters. The average Bonchev–Trinajstić information content (AvgIpc) is 1.88. The summed E-state index contributed by atoms with van der Waals surface area (Å²) in [5.41, 5.74) is 0.576. The van der Waals surface area contributed by atoms with E-state index in [0.717, 1.165) is 4.76 Å². The molecule has 0 aliphatic rings. The molecule has 0 fully saturated rings. The van der Waals surface area contributed by atoms with Gasteiger partial charge in [-0.1, -0.05) is 17.7 Å². The zero-order valence-electron chi connectivity index (χ0n) is 5.54. The molecule has 0 spiro atoms. The fourth-order valence-corrected chi connectivity index (χ4v) is 0.857. The summed E-state index contributed by atoms with van der Waals surface area (Å²) in [4.78, 5) is 10.7. The number of hydrogen-bond acceptors (Lipinski definition) is 1. The van der Waals surface area contributed by atoms with Crippen LogP contribution in [0.1, 0.15) is 0 Å². The minimum Gasteiger partial charge on any atom is -0.0841 e. The van der Waals surface area contributed by atoms with Crippen LogP contribution in [0.2, 0.25) is 5.02 Å². The van der Waals surface area contributed by atoms with E-state index in [-0.39, 0.29) is 0 Å². The lowest BCUT2D eigenvalue weighted by molar-refractivity contribution is -0.428. The third kappa shape index (κ3) is 1.54. The molecule has 1 aromatic rings. The van der Waals surface area contributed by atoms with E-state index < -0.39 is 0 Å². The molecule has 52 valence electrons. The molecule has 0 aliphatic carbocycles. The molecule has 0 aliphatic heterocycles. The van der Waals surface area contributed by atoms with Crippen LogP contribution >= 0.6 is 11.6 Å². The van der Waals surface area contributed by atoms with Crippen molar-refractivity contribution in [1.82, 2.24) is 0 Å². The van der Waals surface area contributed by atoms with E-state index in [2.05, 4.69) is 0 Å². The minimum absolute atomic E-state index is 0.576. The van der Waals surface area contributed by atoms with Gasteiger partial charge in [-0.3, -0.25) is 0 Å². The number of benzene rings is 1. The Balaban J connectivity index is 3.07. The van der Waals surface area contributed by atoms with Gasteiger partial charge in [0.25, 0.3) is 5.69 Å². The summed E-state index contributed by atoms with van der Waals surface area (Å²) < 4.78 is 0.770. The maximum Gasteiger partial charge on any atom is 0.257 e. The summed E-state index contributed by atoms with van der Waals surface area (Å²) in [6, 6.07) is 6.80. The van der Waals surface area contributed by atoms with E-state index in [0.29, 0.717) is 10.7 Å². The van der Waals surface area contributed by atoms with Crippen LogP contribution in [0.15, 0.2) is 24.3 Å². The van der Waals surface area contributed by atoms with Gasteiger partial charge in [-0.05, 0) is 6.07 Å². The number of nitroso groups, excluding NO2 is 1. The zero-order chi connectivity index (χ0) is 7.56. The molecule has 0 bridgehead atoms. The van der Waals surface area contributed by atoms with Gasteiger partial charge in [-0.15, -0.1) is 0 Å². The van der Waals surface area contributed by atoms with E-state index >= 15 is 0 Å². The van der Waals surface area contributed by atoms with Gasteiger partial charge in [0.05, 0.1) is 0 Å². The Morgan fingerprint density at radius 3 is 2.60 bits per heavy atom. The van der Waals surface area contributed by atoms with Gasteiger partial charge in [0.1, 0.15) is 0 Å². The van der Waals surface area contributed by atoms with E-state index in [9.17, 15) is 4.91 Å². The summed E-state index contributed by atoms with van der Waals surface area (Å²) >= 11 is 5.62. The predicted molar refractivity (Wildman–Crippen MR) is 40.7 cm³/mol. The first kappa shape index (κ1) is 7.22. The molecule has 0 saturated heterocycles. The van der Waals surface area contributed by atoms with Crippen LogP contribution in [0, 0.1) is 4.91 Å². The largest absolute Gasteiger partial charge is 0.257 e. The third-order valence-electron chi connectivity index (χ3n) is 1.17. The Bertz CT molecular complexity index is 260. The summed E-state index contributed by atoms with van der Waals surface area (Å²) in [6.45, 7) is 0. The standard InChI is InChI=1S/C7H7ClNO/c1-9(10)7-4-2-3-6(8)5-7/h2-5H,1H3/q+1. The van der Waals surface area contributed by atoms with Gasteiger partial charge < -0.3 is 0 Å². The fraction of sp³-hybridized carbons (Fsp3) is 0.143. The number of halogens is 1. The predicted octanol–water partition coefficient (Wildman–Crippen LogP) is 2.38. The van der Waals surface area contributed by atoms with Crippen LogP contribution in [0.4, 0.5) is 5.69 Å². The molecule has 10 heavy (non-hydrogen) atoms. The van der Waals surface area contributed by atoms with Gasteiger partial charge in [-0.25, -0.2) is 0 Å². The van der Waals surface area contributed by atoms with Gasteiger partial charge in [0.15, 0.2) is 7.05 Å². The molecule has 1 rings (SSSR count). The number of rotatable bonds is 1. The van der Waals surface area contributed by atoms with Crippen LogP contribution in [-0.2, 0) is 0 Å². The molecule has 0 heterocycles. The lowest BCUT2D eigenvalue weighted by Crippen LogP contribution is -1.88. The lowest BCUT2D eigenvalue weighted by atomic mass is 10.3. The van der Waals surface area contributed by atoms with Gasteiger partial charge in [0, 0.05) is 26.8 Å². The zero-order valence-corrected chi connectivity index (χ0v) is 6.30. The molecule has 0 aromatic heterocycles. The maximum absolute atomic E-state index is 10.7. The quantitative estimate of drug-likeness (QED) is 0.572. The van der Waals surface area contributed by atoms with Gasteiger partial charge in [0.2, 0.25) is 0 Å². The molecular formula is C7H7ClNO+. The fourth-order valence-electron chi connectivity index (χ4n) is 0.672. The highest BCUT2D eigenvalue weighted by atomic mass is 35.5. The maximum atomic E-state index is 10.7. The van der Waals surface area contributed by atoms with E-state index in [4.69, 9.17) is 11.6 Å². The molecule has 0 unspecified atom stereocenters. The Labute approximate surface area is 64.0 Å². The van der Waals surface area contributed by atoms with E-state index in [1.165, 1.54) is 7.05 Å². The van der Waals surface area contributed by atoms with Crippen molar-refractivity contribution in [2.75, 3.05) is 7.05 Å². The molecule has 0 saturated carbocycles. The van der Waals surface area contributed by atoms with Crippen molar-refractivity contribution in [1.29, 1.82) is 0 Å². The Hall–Kier alpha value is -0.890. The minimum atomic E-state index is 0.576. The average molecular weight is 157 g/mol.